The molecule has 1 atom stereocenters. The van der Waals surface area contributed by atoms with Crippen LogP contribution in [0.2, 0.25) is 0 Å². The molecule has 6 heteroatoms. The number of benzene rings is 1. The van der Waals surface area contributed by atoms with Crippen molar-refractivity contribution < 1.29 is 14.1 Å². The largest absolute Gasteiger partial charge is 0.463 e. The zero-order valence-corrected chi connectivity index (χ0v) is 16.7. The van der Waals surface area contributed by atoms with Crippen LogP contribution in [0.25, 0.3) is 10.6 Å². The van der Waals surface area contributed by atoms with Crippen molar-refractivity contribution in [3.05, 3.63) is 65.6 Å². The van der Waals surface area contributed by atoms with Crippen molar-refractivity contribution >= 4 is 17.2 Å². The summed E-state index contributed by atoms with van der Waals surface area (Å²) in [6.07, 6.45) is 5.80. The number of carbonyl (C=O) groups is 1. The van der Waals surface area contributed by atoms with E-state index in [2.05, 4.69) is 10.3 Å². The van der Waals surface area contributed by atoms with Crippen LogP contribution in [-0.2, 0) is 11.2 Å². The van der Waals surface area contributed by atoms with Gasteiger partial charge in [0.1, 0.15) is 5.01 Å². The molecule has 0 spiro atoms. The molecule has 0 aliphatic carbocycles. The molecule has 0 unspecified atom stereocenters. The molecule has 2 N–H and O–H groups in total. The highest BCUT2D eigenvalue weighted by molar-refractivity contribution is 7.13. The topological polar surface area (TPSA) is 59.6 Å². The Kier molecular flexibility index (Phi) is 6.19. The van der Waals surface area contributed by atoms with E-state index in [1.54, 1.807) is 17.6 Å². The summed E-state index contributed by atoms with van der Waals surface area (Å²) in [6, 6.07) is 14.2. The highest BCUT2D eigenvalue weighted by atomic mass is 32.1. The molecule has 3 heterocycles. The Bertz CT molecular complexity index is 870. The molecule has 1 aliphatic heterocycles. The van der Waals surface area contributed by atoms with Gasteiger partial charge in [0.05, 0.1) is 38.0 Å². The lowest BCUT2D eigenvalue weighted by Gasteiger charge is -2.30. The van der Waals surface area contributed by atoms with E-state index in [1.807, 2.05) is 47.8 Å². The monoisotopic (exact) mass is 396 g/mol. The molecule has 0 saturated carbocycles. The number of hydrogen-bond donors (Lipinski definition) is 2. The third-order valence-electron chi connectivity index (χ3n) is 5.29. The van der Waals surface area contributed by atoms with Crippen LogP contribution in [0, 0.1) is 0 Å². The van der Waals surface area contributed by atoms with E-state index in [0.717, 1.165) is 35.1 Å². The minimum absolute atomic E-state index is 0.0119. The Labute approximate surface area is 169 Å². The number of thiazole rings is 1. The number of rotatable bonds is 7. The predicted octanol–water partition coefficient (Wildman–Crippen LogP) is 2.87. The fraction of sp³-hybridized carbons (Fsp3) is 0.364. The van der Waals surface area contributed by atoms with Crippen LogP contribution in [0.5, 0.6) is 0 Å². The molecule has 1 saturated heterocycles. The van der Waals surface area contributed by atoms with E-state index < -0.39 is 0 Å². The van der Waals surface area contributed by atoms with E-state index >= 15 is 0 Å². The van der Waals surface area contributed by atoms with Crippen molar-refractivity contribution in [2.75, 3.05) is 19.6 Å². The highest BCUT2D eigenvalue weighted by Gasteiger charge is 2.28. The summed E-state index contributed by atoms with van der Waals surface area (Å²) in [5.41, 5.74) is 1.91. The van der Waals surface area contributed by atoms with Crippen molar-refractivity contribution in [2.45, 2.75) is 31.7 Å². The fourth-order valence-corrected chi connectivity index (χ4v) is 4.66. The van der Waals surface area contributed by atoms with Crippen LogP contribution in [0.3, 0.4) is 0 Å². The Morgan fingerprint density at radius 3 is 2.71 bits per heavy atom. The second kappa shape index (κ2) is 9.17. The molecule has 1 aliphatic rings. The van der Waals surface area contributed by atoms with E-state index in [1.165, 1.54) is 24.2 Å². The number of nitrogens with zero attached hydrogens (tertiary/aromatic N) is 1. The van der Waals surface area contributed by atoms with Crippen LogP contribution in [0.15, 0.2) is 58.5 Å². The smallest absolute Gasteiger partial charge is 0.226 e. The van der Waals surface area contributed by atoms with Crippen LogP contribution in [-0.4, -0.2) is 30.5 Å². The Balaban J connectivity index is 1.35. The standard InChI is InChI=1S/C22H25N3O2S/c26-21(14-18-16-28-22(24-18)17-8-3-1-4-9-17)23-15-19(20-10-7-13-27-20)25-11-5-2-6-12-25/h1,3-4,7-10,13,16,19H,2,5-6,11-12,14-15H2,(H,23,26)/p+1/t19-/m1/s1. The van der Waals surface area contributed by atoms with Gasteiger partial charge in [-0.1, -0.05) is 30.3 Å². The van der Waals surface area contributed by atoms with Crippen molar-refractivity contribution in [2.24, 2.45) is 0 Å². The number of carbonyl (C=O) groups excluding carboxylic acids is 1. The minimum atomic E-state index is 0.0119. The normalized spacial score (nSPS) is 16.0. The van der Waals surface area contributed by atoms with Gasteiger partial charge in [-0.05, 0) is 31.4 Å². The average molecular weight is 397 g/mol. The molecule has 1 fully saturated rings. The maximum Gasteiger partial charge on any atom is 0.226 e. The molecule has 0 radical (unpaired) electrons. The molecule has 2 aromatic heterocycles. The van der Waals surface area contributed by atoms with E-state index in [9.17, 15) is 4.79 Å². The molecule has 146 valence electrons. The Morgan fingerprint density at radius 1 is 1.14 bits per heavy atom. The molecule has 5 nitrogen and oxygen atoms in total. The molecule has 0 bridgehead atoms. The number of nitrogens with one attached hydrogen (secondary N) is 2. The second-order valence-corrected chi connectivity index (χ2v) is 8.14. The summed E-state index contributed by atoms with van der Waals surface area (Å²) >= 11 is 1.58. The molecule has 3 aromatic rings. The molecular weight excluding hydrogens is 370 g/mol. The number of amides is 1. The van der Waals surface area contributed by atoms with Gasteiger partial charge in [-0.2, -0.15) is 0 Å². The van der Waals surface area contributed by atoms with Gasteiger partial charge >= 0.3 is 0 Å². The lowest BCUT2D eigenvalue weighted by atomic mass is 10.1. The fourth-order valence-electron chi connectivity index (χ4n) is 3.83. The van der Waals surface area contributed by atoms with E-state index in [4.69, 9.17) is 4.42 Å². The number of piperidine rings is 1. The quantitative estimate of drug-likeness (QED) is 0.646. The third kappa shape index (κ3) is 4.69. The van der Waals surface area contributed by atoms with Gasteiger partial charge in [0.25, 0.3) is 0 Å². The van der Waals surface area contributed by atoms with Crippen molar-refractivity contribution in [3.63, 3.8) is 0 Å². The summed E-state index contributed by atoms with van der Waals surface area (Å²) < 4.78 is 5.67. The first-order valence-electron chi connectivity index (χ1n) is 9.94. The van der Waals surface area contributed by atoms with Crippen LogP contribution in [0.4, 0.5) is 0 Å². The van der Waals surface area contributed by atoms with Crippen molar-refractivity contribution in [1.82, 2.24) is 10.3 Å². The first kappa shape index (κ1) is 18.9. The molecule has 4 rings (SSSR count). The van der Waals surface area contributed by atoms with Gasteiger partial charge in [-0.3, -0.25) is 4.79 Å². The summed E-state index contributed by atoms with van der Waals surface area (Å²) in [7, 11) is 0. The predicted molar refractivity (Wildman–Crippen MR) is 110 cm³/mol. The van der Waals surface area contributed by atoms with Crippen molar-refractivity contribution in [3.8, 4) is 10.6 Å². The lowest BCUT2D eigenvalue weighted by molar-refractivity contribution is -0.936. The molecule has 1 aromatic carbocycles. The zero-order chi connectivity index (χ0) is 19.2. The molecule has 28 heavy (non-hydrogen) atoms. The van der Waals surface area contributed by atoms with Crippen LogP contribution >= 0.6 is 11.3 Å². The highest BCUT2D eigenvalue weighted by Crippen LogP contribution is 2.23. The zero-order valence-electron chi connectivity index (χ0n) is 15.9. The number of quaternary nitrogens is 1. The number of likely N-dealkylation sites (tertiary alicyclic amines) is 1. The third-order valence-corrected chi connectivity index (χ3v) is 6.23. The van der Waals surface area contributed by atoms with Gasteiger partial charge in [0, 0.05) is 10.9 Å². The summed E-state index contributed by atoms with van der Waals surface area (Å²) in [5, 5.41) is 6.04. The first-order valence-corrected chi connectivity index (χ1v) is 10.8. The van der Waals surface area contributed by atoms with Gasteiger partial charge in [-0.15, -0.1) is 11.3 Å². The number of hydrogen-bond acceptors (Lipinski definition) is 4. The summed E-state index contributed by atoms with van der Waals surface area (Å²) in [4.78, 5) is 18.7. The number of furan rings is 1. The van der Waals surface area contributed by atoms with Crippen LogP contribution in [0.1, 0.15) is 36.8 Å². The summed E-state index contributed by atoms with van der Waals surface area (Å²) in [5.74, 6) is 0.968. The van der Waals surface area contributed by atoms with Gasteiger partial charge < -0.3 is 14.6 Å². The minimum Gasteiger partial charge on any atom is -0.463 e. The van der Waals surface area contributed by atoms with Gasteiger partial charge in [0.15, 0.2) is 11.8 Å². The molecular formula is C22H26N3O2S+. The van der Waals surface area contributed by atoms with E-state index in [-0.39, 0.29) is 11.9 Å². The Morgan fingerprint density at radius 2 is 1.96 bits per heavy atom. The molecule has 1 amide bonds. The maximum atomic E-state index is 12.5. The van der Waals surface area contributed by atoms with E-state index in [0.29, 0.717) is 13.0 Å². The maximum absolute atomic E-state index is 12.5. The lowest BCUT2D eigenvalue weighted by Crippen LogP contribution is -3.13. The van der Waals surface area contributed by atoms with Gasteiger partial charge in [-0.25, -0.2) is 4.98 Å². The summed E-state index contributed by atoms with van der Waals surface area (Å²) in [6.45, 7) is 2.86. The van der Waals surface area contributed by atoms with Crippen molar-refractivity contribution in [1.29, 1.82) is 0 Å². The second-order valence-electron chi connectivity index (χ2n) is 7.28. The first-order chi connectivity index (χ1) is 13.8. The van der Waals surface area contributed by atoms with Crippen LogP contribution < -0.4 is 10.2 Å². The average Bonchev–Trinajstić information content (AvgIpc) is 3.42. The van der Waals surface area contributed by atoms with Gasteiger partial charge in [0.2, 0.25) is 5.91 Å². The number of aromatic nitrogens is 1. The SMILES string of the molecule is O=C(Cc1csc(-c2ccccc2)n1)NC[C@H](c1ccco1)[NH+]1CCCCC1. The Hall–Kier alpha value is -2.44.